The Labute approximate surface area is 228 Å². The molecule has 39 heavy (non-hydrogen) atoms. The van der Waals surface area contributed by atoms with Crippen LogP contribution in [0.3, 0.4) is 0 Å². The van der Waals surface area contributed by atoms with Gasteiger partial charge < -0.3 is 14.8 Å². The summed E-state index contributed by atoms with van der Waals surface area (Å²) in [5, 5.41) is 16.9. The Kier molecular flexibility index (Phi) is 7.63. The number of aromatic nitrogens is 2. The Hall–Kier alpha value is -3.45. The van der Waals surface area contributed by atoms with Gasteiger partial charge in [-0.3, -0.25) is 14.4 Å². The molecule has 2 bridgehead atoms. The van der Waals surface area contributed by atoms with Crippen LogP contribution in [0.4, 0.5) is 9.18 Å². The van der Waals surface area contributed by atoms with Gasteiger partial charge in [0.05, 0.1) is 18.9 Å². The molecule has 1 aliphatic carbocycles. The molecule has 5 atom stereocenters. The van der Waals surface area contributed by atoms with Gasteiger partial charge >= 0.3 is 6.09 Å². The summed E-state index contributed by atoms with van der Waals surface area (Å²) in [6.07, 6.45) is 6.56. The second-order valence-electron chi connectivity index (χ2n) is 11.9. The van der Waals surface area contributed by atoms with E-state index in [4.69, 9.17) is 9.47 Å². The Bertz CT molecular complexity index is 1260. The van der Waals surface area contributed by atoms with Gasteiger partial charge in [-0.2, -0.15) is 10.4 Å². The average molecular weight is 538 g/mol. The van der Waals surface area contributed by atoms with E-state index in [0.717, 1.165) is 51.0 Å². The second kappa shape index (κ2) is 11.0. The van der Waals surface area contributed by atoms with Crippen molar-refractivity contribution in [3.63, 3.8) is 0 Å². The molecule has 2 aromatic rings. The summed E-state index contributed by atoms with van der Waals surface area (Å²) in [6.45, 7) is 7.64. The number of hydrogen-bond acceptors (Lipinski definition) is 6. The van der Waals surface area contributed by atoms with Crippen molar-refractivity contribution in [3.8, 4) is 17.2 Å². The minimum atomic E-state index is -0.936. The first-order valence-corrected chi connectivity index (χ1v) is 13.7. The summed E-state index contributed by atoms with van der Waals surface area (Å²) < 4.78 is 28.0. The zero-order valence-corrected chi connectivity index (χ0v) is 22.7. The van der Waals surface area contributed by atoms with Gasteiger partial charge in [-0.05, 0) is 69.6 Å². The van der Waals surface area contributed by atoms with Crippen LogP contribution in [-0.4, -0.2) is 63.6 Å². The summed E-state index contributed by atoms with van der Waals surface area (Å²) in [5.74, 6) is -0.378. The molecule has 9 nitrogen and oxygen atoms in total. The second-order valence-corrected chi connectivity index (χ2v) is 11.9. The third-order valence-electron chi connectivity index (χ3n) is 7.84. The van der Waals surface area contributed by atoms with E-state index in [1.54, 1.807) is 44.0 Å². The van der Waals surface area contributed by atoms with Crippen molar-refractivity contribution in [1.82, 2.24) is 20.0 Å². The molecule has 10 heteroatoms. The molecule has 3 fully saturated rings. The molecule has 3 heterocycles. The highest BCUT2D eigenvalue weighted by atomic mass is 19.1. The van der Waals surface area contributed by atoms with Crippen LogP contribution >= 0.6 is 0 Å². The third kappa shape index (κ3) is 6.09. The molecule has 208 valence electrons. The van der Waals surface area contributed by atoms with Gasteiger partial charge in [0.1, 0.15) is 23.5 Å². The number of nitriles is 1. The number of hydrogen-bond donors (Lipinski definition) is 1. The lowest BCUT2D eigenvalue weighted by atomic mass is 9.97. The van der Waals surface area contributed by atoms with E-state index < -0.39 is 35.5 Å². The number of benzene rings is 1. The van der Waals surface area contributed by atoms with E-state index in [9.17, 15) is 14.9 Å². The third-order valence-corrected chi connectivity index (χ3v) is 7.84. The fraction of sp³-hybridized carbons (Fsp3) is 0.586. The fourth-order valence-corrected chi connectivity index (χ4v) is 6.01. The number of piperidine rings is 1. The Balaban J connectivity index is 1.23. The largest absolute Gasteiger partial charge is 0.444 e. The van der Waals surface area contributed by atoms with Crippen LogP contribution in [0.15, 0.2) is 30.6 Å². The molecule has 5 rings (SSSR count). The van der Waals surface area contributed by atoms with E-state index in [1.165, 1.54) is 6.07 Å². The van der Waals surface area contributed by atoms with E-state index in [0.29, 0.717) is 17.0 Å². The van der Waals surface area contributed by atoms with Crippen LogP contribution in [0.25, 0.3) is 11.1 Å². The quantitative estimate of drug-likeness (QED) is 0.570. The molecule has 2 aliphatic heterocycles. The Morgan fingerprint density at radius 3 is 2.79 bits per heavy atom. The van der Waals surface area contributed by atoms with Crippen LogP contribution in [0, 0.1) is 29.0 Å². The topological polar surface area (TPSA) is 109 Å². The zero-order valence-electron chi connectivity index (χ0n) is 22.7. The van der Waals surface area contributed by atoms with Gasteiger partial charge in [0.2, 0.25) is 5.91 Å². The minimum Gasteiger partial charge on any atom is -0.444 e. The molecule has 1 aromatic carbocycles. The SMILES string of the molecule is CC(C)(C)OC(=O)N1C2CCC(C2)[C@H]1C(=O)N[C@H](C#N)Cc1ccc(-c2cnn(CC3CCOC3)c2)cc1F. The van der Waals surface area contributed by atoms with E-state index >= 15 is 4.39 Å². The van der Waals surface area contributed by atoms with Crippen molar-refractivity contribution >= 4 is 12.0 Å². The van der Waals surface area contributed by atoms with Crippen LogP contribution in [-0.2, 0) is 27.2 Å². The van der Waals surface area contributed by atoms with Gasteiger partial charge in [-0.1, -0.05) is 12.1 Å². The van der Waals surface area contributed by atoms with Crippen molar-refractivity contribution in [2.45, 2.75) is 83.1 Å². The average Bonchev–Trinajstić information content (AvgIpc) is 3.68. The molecule has 3 unspecified atom stereocenters. The summed E-state index contributed by atoms with van der Waals surface area (Å²) in [5.41, 5.74) is 1.15. The van der Waals surface area contributed by atoms with E-state index in [1.807, 2.05) is 10.9 Å². The maximum Gasteiger partial charge on any atom is 0.411 e. The Morgan fingerprint density at radius 2 is 2.10 bits per heavy atom. The van der Waals surface area contributed by atoms with Crippen LogP contribution in [0.5, 0.6) is 0 Å². The van der Waals surface area contributed by atoms with Gasteiger partial charge in [0, 0.05) is 43.3 Å². The van der Waals surface area contributed by atoms with Crippen molar-refractivity contribution in [2.24, 2.45) is 11.8 Å². The van der Waals surface area contributed by atoms with Crippen molar-refractivity contribution < 1.29 is 23.5 Å². The first-order valence-electron chi connectivity index (χ1n) is 13.7. The van der Waals surface area contributed by atoms with Crippen molar-refractivity contribution in [3.05, 3.63) is 42.0 Å². The molecule has 0 radical (unpaired) electrons. The molecular weight excluding hydrogens is 501 g/mol. The highest BCUT2D eigenvalue weighted by molar-refractivity contribution is 5.87. The number of fused-ring (bicyclic) bond motifs is 2. The number of nitrogens with one attached hydrogen (secondary N) is 1. The highest BCUT2D eigenvalue weighted by Crippen LogP contribution is 2.43. The monoisotopic (exact) mass is 537 g/mol. The predicted molar refractivity (Wildman–Crippen MR) is 141 cm³/mol. The number of carbonyl (C=O) groups is 2. The maximum atomic E-state index is 15.1. The lowest BCUT2D eigenvalue weighted by molar-refractivity contribution is -0.128. The summed E-state index contributed by atoms with van der Waals surface area (Å²) in [6, 6.07) is 5.31. The predicted octanol–water partition coefficient (Wildman–Crippen LogP) is 4.06. The first-order chi connectivity index (χ1) is 18.6. The molecule has 1 aromatic heterocycles. The lowest BCUT2D eigenvalue weighted by Gasteiger charge is -2.35. The van der Waals surface area contributed by atoms with Crippen molar-refractivity contribution in [1.29, 1.82) is 5.26 Å². The van der Waals surface area contributed by atoms with E-state index in [-0.39, 0.29) is 18.4 Å². The van der Waals surface area contributed by atoms with Crippen molar-refractivity contribution in [2.75, 3.05) is 13.2 Å². The number of nitrogens with zero attached hydrogens (tertiary/aromatic N) is 4. The molecule has 2 saturated heterocycles. The number of rotatable bonds is 7. The fourth-order valence-electron chi connectivity index (χ4n) is 6.01. The molecule has 0 spiro atoms. The van der Waals surface area contributed by atoms with Gasteiger partial charge in [0.25, 0.3) is 0 Å². The summed E-state index contributed by atoms with van der Waals surface area (Å²) in [7, 11) is 0. The highest BCUT2D eigenvalue weighted by Gasteiger charge is 2.52. The standard InChI is InChI=1S/C29H36FN5O4/c1-29(2,3)39-28(37)35-24-7-6-21(11-24)26(35)27(36)33-23(13-31)10-20-5-4-19(12-25(20)30)22-14-32-34(16-22)15-18-8-9-38-17-18/h4-5,12,14,16,18,21,23-24,26H,6-11,15,17H2,1-3H3,(H,33,36)/t18?,21?,23-,24?,26-/m0/s1. The molecular formula is C29H36FN5O4. The van der Waals surface area contributed by atoms with Crippen LogP contribution < -0.4 is 5.32 Å². The lowest BCUT2D eigenvalue weighted by Crippen LogP contribution is -2.55. The maximum absolute atomic E-state index is 15.1. The number of ether oxygens (including phenoxy) is 2. The first kappa shape index (κ1) is 27.1. The molecule has 2 amide bonds. The molecule has 1 N–H and O–H groups in total. The minimum absolute atomic E-state index is 0.0164. The van der Waals surface area contributed by atoms with Gasteiger partial charge in [0.15, 0.2) is 0 Å². The van der Waals surface area contributed by atoms with Gasteiger partial charge in [-0.15, -0.1) is 0 Å². The smallest absolute Gasteiger partial charge is 0.411 e. The number of carbonyl (C=O) groups excluding carboxylic acids is 2. The zero-order chi connectivity index (χ0) is 27.7. The van der Waals surface area contributed by atoms with E-state index in [2.05, 4.69) is 16.5 Å². The van der Waals surface area contributed by atoms with Crippen LogP contribution in [0.2, 0.25) is 0 Å². The molecule has 3 aliphatic rings. The van der Waals surface area contributed by atoms with Crippen LogP contribution in [0.1, 0.15) is 52.0 Å². The van der Waals surface area contributed by atoms with Gasteiger partial charge in [-0.25, -0.2) is 9.18 Å². The summed E-state index contributed by atoms with van der Waals surface area (Å²) in [4.78, 5) is 27.7. The summed E-state index contributed by atoms with van der Waals surface area (Å²) >= 11 is 0. The normalized spacial score (nSPS) is 24.9. The Morgan fingerprint density at radius 1 is 1.28 bits per heavy atom. The number of halogens is 1. The number of amides is 2. The molecule has 1 saturated carbocycles. The number of likely N-dealkylation sites (tertiary alicyclic amines) is 1.